The van der Waals surface area contributed by atoms with Gasteiger partial charge in [-0.25, -0.2) is 4.79 Å². The van der Waals surface area contributed by atoms with Crippen LogP contribution in [0.1, 0.15) is 40.0 Å². The van der Waals surface area contributed by atoms with Gasteiger partial charge in [-0.2, -0.15) is 0 Å². The van der Waals surface area contributed by atoms with Gasteiger partial charge in [0.15, 0.2) is 0 Å². The fraction of sp³-hybridized carbons (Fsp3) is 0.917. The normalized spacial score (nSPS) is 33.6. The van der Waals surface area contributed by atoms with Crippen LogP contribution in [-0.2, 0) is 4.74 Å². The van der Waals surface area contributed by atoms with E-state index in [1.165, 1.54) is 12.8 Å². The highest BCUT2D eigenvalue weighted by molar-refractivity contribution is 5.69. The standard InChI is InChI=1S/C12H22N2O2/c1-11(2,3)16-10(15)14-12-6-4-5-9(12)7-13-8-12/h9,13H,4-8H2,1-3H3,(H,14,15)/t9?,12-/m1/s1. The van der Waals surface area contributed by atoms with Crippen molar-refractivity contribution in [3.8, 4) is 0 Å². The largest absolute Gasteiger partial charge is 0.444 e. The number of carbonyl (C=O) groups excluding carboxylic acids is 1. The van der Waals surface area contributed by atoms with E-state index < -0.39 is 5.60 Å². The summed E-state index contributed by atoms with van der Waals surface area (Å²) < 4.78 is 5.32. The van der Waals surface area contributed by atoms with Crippen molar-refractivity contribution in [1.82, 2.24) is 10.6 Å². The Morgan fingerprint density at radius 3 is 2.94 bits per heavy atom. The van der Waals surface area contributed by atoms with E-state index in [2.05, 4.69) is 10.6 Å². The SMILES string of the molecule is CC(C)(C)OC(=O)N[C@@]12CCCC1CNC2. The van der Waals surface area contributed by atoms with Gasteiger partial charge in [0.25, 0.3) is 0 Å². The Labute approximate surface area is 97.1 Å². The third-order valence-electron chi connectivity index (χ3n) is 3.54. The van der Waals surface area contributed by atoms with E-state index in [1.807, 2.05) is 20.8 Å². The molecule has 2 aliphatic rings. The number of alkyl carbamates (subject to hydrolysis) is 1. The molecule has 1 heterocycles. The van der Waals surface area contributed by atoms with Crippen LogP contribution >= 0.6 is 0 Å². The highest BCUT2D eigenvalue weighted by Crippen LogP contribution is 2.38. The van der Waals surface area contributed by atoms with Gasteiger partial charge in [-0.3, -0.25) is 0 Å². The molecule has 0 aromatic heterocycles. The van der Waals surface area contributed by atoms with Crippen molar-refractivity contribution in [2.75, 3.05) is 13.1 Å². The van der Waals surface area contributed by atoms with Gasteiger partial charge < -0.3 is 15.4 Å². The molecule has 0 spiro atoms. The van der Waals surface area contributed by atoms with Crippen LogP contribution in [-0.4, -0.2) is 30.3 Å². The zero-order chi connectivity index (χ0) is 11.8. The fourth-order valence-electron chi connectivity index (χ4n) is 2.86. The lowest BCUT2D eigenvalue weighted by Crippen LogP contribution is -2.53. The number of ether oxygens (including phenoxy) is 1. The van der Waals surface area contributed by atoms with E-state index in [0.717, 1.165) is 19.5 Å². The van der Waals surface area contributed by atoms with Gasteiger partial charge in [0, 0.05) is 13.1 Å². The monoisotopic (exact) mass is 226 g/mol. The molecule has 2 fully saturated rings. The highest BCUT2D eigenvalue weighted by Gasteiger charge is 2.47. The molecule has 4 nitrogen and oxygen atoms in total. The van der Waals surface area contributed by atoms with Gasteiger partial charge in [-0.05, 0) is 39.5 Å². The highest BCUT2D eigenvalue weighted by atomic mass is 16.6. The van der Waals surface area contributed by atoms with Crippen molar-refractivity contribution in [2.24, 2.45) is 5.92 Å². The van der Waals surface area contributed by atoms with Crippen LogP contribution in [0, 0.1) is 5.92 Å². The van der Waals surface area contributed by atoms with Crippen molar-refractivity contribution < 1.29 is 9.53 Å². The summed E-state index contributed by atoms with van der Waals surface area (Å²) in [5.41, 5.74) is -0.455. The molecule has 0 aromatic rings. The summed E-state index contributed by atoms with van der Waals surface area (Å²) >= 11 is 0. The maximum Gasteiger partial charge on any atom is 0.408 e. The number of nitrogens with one attached hydrogen (secondary N) is 2. The molecule has 1 aliphatic carbocycles. The topological polar surface area (TPSA) is 50.4 Å². The Hall–Kier alpha value is -0.770. The van der Waals surface area contributed by atoms with Gasteiger partial charge in [0.05, 0.1) is 5.54 Å². The minimum atomic E-state index is -0.416. The summed E-state index contributed by atoms with van der Waals surface area (Å²) in [6.07, 6.45) is 3.22. The van der Waals surface area contributed by atoms with Crippen LogP contribution in [0.4, 0.5) is 4.79 Å². The van der Waals surface area contributed by atoms with Crippen molar-refractivity contribution in [3.63, 3.8) is 0 Å². The Morgan fingerprint density at radius 2 is 2.25 bits per heavy atom. The second-order valence-electron chi connectivity index (χ2n) is 6.00. The number of amides is 1. The average molecular weight is 226 g/mol. The minimum Gasteiger partial charge on any atom is -0.444 e. The van der Waals surface area contributed by atoms with Gasteiger partial charge in [0.1, 0.15) is 5.60 Å². The molecule has 16 heavy (non-hydrogen) atoms. The fourth-order valence-corrected chi connectivity index (χ4v) is 2.86. The smallest absolute Gasteiger partial charge is 0.408 e. The van der Waals surface area contributed by atoms with E-state index in [-0.39, 0.29) is 11.6 Å². The molecule has 0 bridgehead atoms. The van der Waals surface area contributed by atoms with E-state index in [0.29, 0.717) is 5.92 Å². The Bertz CT molecular complexity index is 273. The molecule has 2 rings (SSSR count). The van der Waals surface area contributed by atoms with E-state index >= 15 is 0 Å². The Kier molecular flexibility index (Phi) is 2.86. The van der Waals surface area contributed by atoms with Gasteiger partial charge in [0.2, 0.25) is 0 Å². The zero-order valence-electron chi connectivity index (χ0n) is 10.4. The molecule has 92 valence electrons. The van der Waals surface area contributed by atoms with Gasteiger partial charge in [-0.1, -0.05) is 6.42 Å². The van der Waals surface area contributed by atoms with E-state index in [1.54, 1.807) is 0 Å². The summed E-state index contributed by atoms with van der Waals surface area (Å²) in [6.45, 7) is 7.59. The van der Waals surface area contributed by atoms with E-state index in [4.69, 9.17) is 4.74 Å². The van der Waals surface area contributed by atoms with Crippen molar-refractivity contribution in [2.45, 2.75) is 51.2 Å². The first-order valence-corrected chi connectivity index (χ1v) is 6.13. The summed E-state index contributed by atoms with van der Waals surface area (Å²) in [7, 11) is 0. The molecule has 0 radical (unpaired) electrons. The van der Waals surface area contributed by atoms with Crippen LogP contribution in [0.2, 0.25) is 0 Å². The maximum atomic E-state index is 11.8. The predicted octanol–water partition coefficient (Wildman–Crippen LogP) is 1.65. The number of hydrogen-bond acceptors (Lipinski definition) is 3. The molecule has 2 N–H and O–H groups in total. The minimum absolute atomic E-state index is 0.0394. The summed E-state index contributed by atoms with van der Waals surface area (Å²) in [4.78, 5) is 11.8. The van der Waals surface area contributed by atoms with Crippen LogP contribution in [0.25, 0.3) is 0 Å². The maximum absolute atomic E-state index is 11.8. The van der Waals surface area contributed by atoms with Crippen LogP contribution in [0.3, 0.4) is 0 Å². The number of fused-ring (bicyclic) bond motifs is 1. The molecular weight excluding hydrogens is 204 g/mol. The number of rotatable bonds is 1. The van der Waals surface area contributed by atoms with Gasteiger partial charge >= 0.3 is 6.09 Å². The average Bonchev–Trinajstić information content (AvgIpc) is 2.57. The molecule has 1 saturated heterocycles. The third-order valence-corrected chi connectivity index (χ3v) is 3.54. The second kappa shape index (κ2) is 3.91. The van der Waals surface area contributed by atoms with E-state index in [9.17, 15) is 4.79 Å². The summed E-state index contributed by atoms with van der Waals surface area (Å²) in [5.74, 6) is 0.583. The first kappa shape index (κ1) is 11.7. The molecular formula is C12H22N2O2. The zero-order valence-corrected chi connectivity index (χ0v) is 10.4. The molecule has 1 saturated carbocycles. The summed E-state index contributed by atoms with van der Waals surface area (Å²) in [5, 5.41) is 6.45. The molecule has 4 heteroatoms. The van der Waals surface area contributed by atoms with Crippen molar-refractivity contribution in [3.05, 3.63) is 0 Å². The first-order chi connectivity index (χ1) is 7.41. The molecule has 1 aliphatic heterocycles. The quantitative estimate of drug-likeness (QED) is 0.715. The predicted molar refractivity (Wildman–Crippen MR) is 62.3 cm³/mol. The third kappa shape index (κ3) is 2.32. The lowest BCUT2D eigenvalue weighted by molar-refractivity contribution is 0.0449. The molecule has 0 aromatic carbocycles. The molecule has 2 atom stereocenters. The van der Waals surface area contributed by atoms with Crippen LogP contribution in [0.5, 0.6) is 0 Å². The molecule has 1 amide bonds. The Balaban J connectivity index is 1.96. The second-order valence-corrected chi connectivity index (χ2v) is 6.00. The van der Waals surface area contributed by atoms with Crippen molar-refractivity contribution >= 4 is 6.09 Å². The Morgan fingerprint density at radius 1 is 1.50 bits per heavy atom. The lowest BCUT2D eigenvalue weighted by atomic mass is 9.91. The lowest BCUT2D eigenvalue weighted by Gasteiger charge is -2.31. The van der Waals surface area contributed by atoms with Crippen molar-refractivity contribution in [1.29, 1.82) is 0 Å². The first-order valence-electron chi connectivity index (χ1n) is 6.13. The van der Waals surface area contributed by atoms with Gasteiger partial charge in [-0.15, -0.1) is 0 Å². The number of carbonyl (C=O) groups is 1. The number of hydrogen-bond donors (Lipinski definition) is 2. The van der Waals surface area contributed by atoms with Crippen LogP contribution < -0.4 is 10.6 Å². The summed E-state index contributed by atoms with van der Waals surface area (Å²) in [6, 6.07) is 0. The molecule has 1 unspecified atom stereocenters. The van der Waals surface area contributed by atoms with Crippen LogP contribution in [0.15, 0.2) is 0 Å².